The molecule has 0 saturated carbocycles. The molecule has 0 aliphatic carbocycles. The predicted molar refractivity (Wildman–Crippen MR) is 116 cm³/mol. The van der Waals surface area contributed by atoms with Crippen LogP contribution >= 0.6 is 39.9 Å². The van der Waals surface area contributed by atoms with E-state index in [1.807, 2.05) is 18.2 Å². The fraction of sp³-hybridized carbons (Fsp3) is 0.421. The highest BCUT2D eigenvalue weighted by atomic mass is 79.9. The minimum atomic E-state index is -0.339. The van der Waals surface area contributed by atoms with Gasteiger partial charge in [-0.15, -0.1) is 0 Å². The van der Waals surface area contributed by atoms with E-state index in [1.54, 1.807) is 13.0 Å². The van der Waals surface area contributed by atoms with Crippen LogP contribution in [0.3, 0.4) is 0 Å². The lowest BCUT2D eigenvalue weighted by Crippen LogP contribution is -2.30. The fourth-order valence-electron chi connectivity index (χ4n) is 2.36. The molecule has 2 rings (SSSR count). The van der Waals surface area contributed by atoms with Crippen molar-refractivity contribution in [3.63, 3.8) is 0 Å². The quantitative estimate of drug-likeness (QED) is 0.223. The van der Waals surface area contributed by atoms with Crippen LogP contribution in [0.15, 0.2) is 27.6 Å². The van der Waals surface area contributed by atoms with Crippen LogP contribution in [-0.2, 0) is 14.3 Å². The number of benzene rings is 1. The van der Waals surface area contributed by atoms with E-state index in [0.717, 1.165) is 28.6 Å². The highest BCUT2D eigenvalue weighted by Crippen LogP contribution is 2.35. The smallest absolute Gasteiger partial charge is 0.307 e. The van der Waals surface area contributed by atoms with E-state index in [9.17, 15) is 9.59 Å². The molecule has 0 radical (unpaired) electrons. The maximum atomic E-state index is 12.7. The Morgan fingerprint density at radius 3 is 2.85 bits per heavy atom. The Balaban J connectivity index is 2.14. The number of hydrogen-bond donors (Lipinski definition) is 0. The molecular weight excluding hydrogens is 450 g/mol. The number of rotatable bonds is 9. The topological polar surface area (TPSA) is 55.8 Å². The van der Waals surface area contributed by atoms with Gasteiger partial charge in [-0.3, -0.25) is 14.5 Å². The van der Waals surface area contributed by atoms with Crippen molar-refractivity contribution in [2.24, 2.45) is 0 Å². The van der Waals surface area contributed by atoms with Crippen molar-refractivity contribution in [1.29, 1.82) is 0 Å². The van der Waals surface area contributed by atoms with E-state index in [1.165, 1.54) is 16.7 Å². The molecule has 8 heteroatoms. The van der Waals surface area contributed by atoms with Gasteiger partial charge in [-0.2, -0.15) is 0 Å². The summed E-state index contributed by atoms with van der Waals surface area (Å²) in [6, 6.07) is 5.70. The number of thiocarbonyl (C=S) groups is 1. The number of halogens is 1. The molecule has 1 aromatic carbocycles. The van der Waals surface area contributed by atoms with Gasteiger partial charge in [0.15, 0.2) is 0 Å². The summed E-state index contributed by atoms with van der Waals surface area (Å²) in [4.78, 5) is 26.2. The molecule has 1 aromatic rings. The second-order valence-corrected chi connectivity index (χ2v) is 8.36. The van der Waals surface area contributed by atoms with Gasteiger partial charge in [0.2, 0.25) is 0 Å². The van der Waals surface area contributed by atoms with E-state index in [0.29, 0.717) is 22.4 Å². The Bertz CT molecular complexity index is 751. The molecule has 0 atom stereocenters. The lowest BCUT2D eigenvalue weighted by molar-refractivity contribution is -0.143. The van der Waals surface area contributed by atoms with Crippen molar-refractivity contribution < 1.29 is 19.1 Å². The fourth-order valence-corrected chi connectivity index (χ4v) is 4.04. The highest BCUT2D eigenvalue weighted by molar-refractivity contribution is 9.10. The molecule has 1 saturated heterocycles. The van der Waals surface area contributed by atoms with Crippen LogP contribution < -0.4 is 4.74 Å². The lowest BCUT2D eigenvalue weighted by atomic mass is 10.2. The van der Waals surface area contributed by atoms with Crippen molar-refractivity contribution in [3.05, 3.63) is 33.1 Å². The van der Waals surface area contributed by atoms with Crippen molar-refractivity contribution in [2.45, 2.75) is 33.1 Å². The number of amides is 1. The Kier molecular flexibility index (Phi) is 8.79. The van der Waals surface area contributed by atoms with Crippen LogP contribution in [0.2, 0.25) is 0 Å². The summed E-state index contributed by atoms with van der Waals surface area (Å²) in [6.07, 6.45) is 3.92. The zero-order valence-electron chi connectivity index (χ0n) is 15.3. The third-order valence-electron chi connectivity index (χ3n) is 3.73. The van der Waals surface area contributed by atoms with Crippen LogP contribution in [-0.4, -0.2) is 40.9 Å². The number of hydrogen-bond acceptors (Lipinski definition) is 6. The third kappa shape index (κ3) is 6.33. The summed E-state index contributed by atoms with van der Waals surface area (Å²) in [5, 5.41) is 0. The molecular formula is C19H22BrNO4S2. The van der Waals surface area contributed by atoms with Gasteiger partial charge in [0, 0.05) is 16.6 Å². The third-order valence-corrected chi connectivity index (χ3v) is 5.60. The normalized spacial score (nSPS) is 15.5. The second kappa shape index (κ2) is 10.8. The molecule has 1 amide bonds. The number of nitrogens with zero attached hydrogens (tertiary/aromatic N) is 1. The van der Waals surface area contributed by atoms with Gasteiger partial charge in [0.1, 0.15) is 10.1 Å². The monoisotopic (exact) mass is 471 g/mol. The van der Waals surface area contributed by atoms with Crippen molar-refractivity contribution >= 4 is 62.2 Å². The molecule has 0 bridgehead atoms. The first-order valence-corrected chi connectivity index (χ1v) is 10.8. The minimum absolute atomic E-state index is 0.121. The van der Waals surface area contributed by atoms with Gasteiger partial charge in [-0.05, 0) is 37.6 Å². The van der Waals surface area contributed by atoms with Crippen LogP contribution in [0.4, 0.5) is 0 Å². The molecule has 0 aromatic heterocycles. The summed E-state index contributed by atoms with van der Waals surface area (Å²) in [5.41, 5.74) is 0.811. The lowest BCUT2D eigenvalue weighted by Gasteiger charge is -2.13. The van der Waals surface area contributed by atoms with Crippen LogP contribution in [0.5, 0.6) is 5.75 Å². The standard InChI is InChI=1S/C19H22BrNO4S2/c1-3-5-10-25-15-7-6-14(20)11-13(15)12-16-18(23)21(19(26)27-16)9-8-17(22)24-4-2/h6-7,11-12H,3-5,8-10H2,1-2H3/b16-12+. The molecule has 1 heterocycles. The number of carbonyl (C=O) groups excluding carboxylic acids is 2. The minimum Gasteiger partial charge on any atom is -0.493 e. The van der Waals surface area contributed by atoms with Gasteiger partial charge in [0.05, 0.1) is 24.5 Å². The molecule has 0 unspecified atom stereocenters. The number of unbranched alkanes of at least 4 members (excludes halogenated alkanes) is 1. The van der Waals surface area contributed by atoms with Crippen molar-refractivity contribution in [2.75, 3.05) is 19.8 Å². The maximum absolute atomic E-state index is 12.7. The molecule has 0 spiro atoms. The number of esters is 1. The van der Waals surface area contributed by atoms with E-state index in [4.69, 9.17) is 21.7 Å². The van der Waals surface area contributed by atoms with Gasteiger partial charge in [-0.25, -0.2) is 0 Å². The first-order valence-electron chi connectivity index (χ1n) is 8.79. The Labute approximate surface area is 177 Å². The largest absolute Gasteiger partial charge is 0.493 e. The van der Waals surface area contributed by atoms with Gasteiger partial charge < -0.3 is 9.47 Å². The molecule has 1 aliphatic heterocycles. The molecule has 1 aliphatic rings. The second-order valence-electron chi connectivity index (χ2n) is 5.77. The molecule has 146 valence electrons. The van der Waals surface area contributed by atoms with Crippen LogP contribution in [0, 0.1) is 0 Å². The van der Waals surface area contributed by atoms with Gasteiger partial charge in [0.25, 0.3) is 5.91 Å². The Morgan fingerprint density at radius 2 is 2.15 bits per heavy atom. The number of thioether (sulfide) groups is 1. The Hall–Kier alpha value is -1.38. The first kappa shape index (κ1) is 21.9. The van der Waals surface area contributed by atoms with E-state index in [-0.39, 0.29) is 24.8 Å². The number of ether oxygens (including phenoxy) is 2. The molecule has 27 heavy (non-hydrogen) atoms. The number of carbonyl (C=O) groups is 2. The summed E-state index contributed by atoms with van der Waals surface area (Å²) in [6.45, 7) is 5.02. The average molecular weight is 472 g/mol. The van der Waals surface area contributed by atoms with Crippen LogP contribution in [0.25, 0.3) is 6.08 Å². The van der Waals surface area contributed by atoms with E-state index >= 15 is 0 Å². The average Bonchev–Trinajstić information content (AvgIpc) is 2.89. The SMILES string of the molecule is CCCCOc1ccc(Br)cc1/C=C1/SC(=S)N(CCC(=O)OCC)C1=O. The molecule has 1 fully saturated rings. The van der Waals surface area contributed by atoms with Gasteiger partial charge in [-0.1, -0.05) is 53.3 Å². The summed E-state index contributed by atoms with van der Waals surface area (Å²) in [5.74, 6) is 0.186. The Morgan fingerprint density at radius 1 is 1.37 bits per heavy atom. The highest BCUT2D eigenvalue weighted by Gasteiger charge is 2.32. The van der Waals surface area contributed by atoms with Gasteiger partial charge >= 0.3 is 5.97 Å². The van der Waals surface area contributed by atoms with Crippen molar-refractivity contribution in [3.8, 4) is 5.75 Å². The summed E-state index contributed by atoms with van der Waals surface area (Å²) >= 11 is 9.99. The molecule has 5 nitrogen and oxygen atoms in total. The predicted octanol–water partition coefficient (Wildman–Crippen LogP) is 4.78. The van der Waals surface area contributed by atoms with Crippen molar-refractivity contribution in [1.82, 2.24) is 4.90 Å². The summed E-state index contributed by atoms with van der Waals surface area (Å²) in [7, 11) is 0. The van der Waals surface area contributed by atoms with E-state index in [2.05, 4.69) is 22.9 Å². The zero-order chi connectivity index (χ0) is 19.8. The van der Waals surface area contributed by atoms with E-state index < -0.39 is 0 Å². The maximum Gasteiger partial charge on any atom is 0.307 e. The van der Waals surface area contributed by atoms with Crippen LogP contribution in [0.1, 0.15) is 38.7 Å². The zero-order valence-corrected chi connectivity index (χ0v) is 18.5. The molecule has 0 N–H and O–H groups in total. The summed E-state index contributed by atoms with van der Waals surface area (Å²) < 4.78 is 12.1. The first-order chi connectivity index (χ1) is 13.0.